The lowest BCUT2D eigenvalue weighted by molar-refractivity contribution is 0.466. The van der Waals surface area contributed by atoms with Crippen LogP contribution in [0, 0.1) is 5.82 Å². The molecule has 0 radical (unpaired) electrons. The predicted molar refractivity (Wildman–Crippen MR) is 80.9 cm³/mol. The minimum absolute atomic E-state index is 0.0224. The quantitative estimate of drug-likeness (QED) is 0.878. The van der Waals surface area contributed by atoms with Gasteiger partial charge in [0.2, 0.25) is 10.0 Å². The standard InChI is InChI=1S/C14H14ClFN2O2S/c1-18(9-10-3-2-4-12(16)7-10)21(19,20)14-6-5-11(15)8-13(14)17/h2-8H,9,17H2,1H3. The number of nitrogens with two attached hydrogens (primary N) is 1. The number of halogens is 2. The second-order valence-electron chi connectivity index (χ2n) is 4.57. The van der Waals surface area contributed by atoms with Crippen LogP contribution in [0.2, 0.25) is 5.02 Å². The zero-order valence-corrected chi connectivity index (χ0v) is 12.8. The Morgan fingerprint density at radius 3 is 2.57 bits per heavy atom. The molecule has 2 rings (SSSR count). The molecule has 21 heavy (non-hydrogen) atoms. The summed E-state index contributed by atoms with van der Waals surface area (Å²) >= 11 is 5.76. The Labute approximate surface area is 128 Å². The lowest BCUT2D eigenvalue weighted by Gasteiger charge is -2.18. The zero-order chi connectivity index (χ0) is 15.6. The van der Waals surface area contributed by atoms with Crippen LogP contribution in [0.3, 0.4) is 0 Å². The van der Waals surface area contributed by atoms with Crippen LogP contribution in [0.5, 0.6) is 0 Å². The highest BCUT2D eigenvalue weighted by molar-refractivity contribution is 7.89. The first-order valence-corrected chi connectivity index (χ1v) is 7.88. The number of rotatable bonds is 4. The van der Waals surface area contributed by atoms with E-state index in [2.05, 4.69) is 0 Å². The van der Waals surface area contributed by atoms with Crippen LogP contribution in [0.4, 0.5) is 10.1 Å². The molecule has 0 aliphatic heterocycles. The van der Waals surface area contributed by atoms with Crippen molar-refractivity contribution in [3.05, 3.63) is 58.9 Å². The molecule has 0 unspecified atom stereocenters. The van der Waals surface area contributed by atoms with Gasteiger partial charge in [-0.1, -0.05) is 23.7 Å². The summed E-state index contributed by atoms with van der Waals surface area (Å²) in [4.78, 5) is -0.0224. The molecule has 0 saturated heterocycles. The van der Waals surface area contributed by atoms with Gasteiger partial charge in [-0.15, -0.1) is 0 Å². The Bertz CT molecular complexity index is 765. The van der Waals surface area contributed by atoms with Crippen LogP contribution in [-0.4, -0.2) is 19.8 Å². The maximum absolute atomic E-state index is 13.1. The van der Waals surface area contributed by atoms with Crippen molar-refractivity contribution in [1.82, 2.24) is 4.31 Å². The van der Waals surface area contributed by atoms with E-state index in [0.717, 1.165) is 4.31 Å². The maximum Gasteiger partial charge on any atom is 0.245 e. The van der Waals surface area contributed by atoms with Crippen LogP contribution in [0.25, 0.3) is 0 Å². The van der Waals surface area contributed by atoms with Crippen molar-refractivity contribution in [2.24, 2.45) is 0 Å². The van der Waals surface area contributed by atoms with Crippen LogP contribution in [0.1, 0.15) is 5.56 Å². The molecular weight excluding hydrogens is 315 g/mol. The summed E-state index contributed by atoms with van der Waals surface area (Å²) in [5.41, 5.74) is 6.34. The van der Waals surface area contributed by atoms with E-state index in [1.54, 1.807) is 6.07 Å². The zero-order valence-electron chi connectivity index (χ0n) is 11.3. The fourth-order valence-electron chi connectivity index (χ4n) is 1.90. The highest BCUT2D eigenvalue weighted by Crippen LogP contribution is 2.25. The van der Waals surface area contributed by atoms with Gasteiger partial charge in [0.05, 0.1) is 5.69 Å². The van der Waals surface area contributed by atoms with Crippen LogP contribution in [-0.2, 0) is 16.6 Å². The summed E-state index contributed by atoms with van der Waals surface area (Å²) in [7, 11) is -2.36. The van der Waals surface area contributed by atoms with Gasteiger partial charge in [-0.3, -0.25) is 0 Å². The van der Waals surface area contributed by atoms with Gasteiger partial charge in [0.25, 0.3) is 0 Å². The Kier molecular flexibility index (Phi) is 4.51. The summed E-state index contributed by atoms with van der Waals surface area (Å²) in [6.45, 7) is 0.0438. The topological polar surface area (TPSA) is 63.4 Å². The third kappa shape index (κ3) is 3.53. The molecule has 0 aliphatic carbocycles. The third-order valence-corrected chi connectivity index (χ3v) is 5.07. The van der Waals surface area contributed by atoms with Gasteiger partial charge in [0, 0.05) is 18.6 Å². The highest BCUT2D eigenvalue weighted by Gasteiger charge is 2.23. The van der Waals surface area contributed by atoms with Gasteiger partial charge in [0.15, 0.2) is 0 Å². The normalized spacial score (nSPS) is 11.8. The molecule has 0 heterocycles. The van der Waals surface area contributed by atoms with E-state index in [4.69, 9.17) is 17.3 Å². The number of sulfonamides is 1. The molecule has 0 atom stereocenters. The van der Waals surface area contributed by atoms with E-state index < -0.39 is 15.8 Å². The first kappa shape index (κ1) is 15.8. The molecule has 2 aromatic rings. The van der Waals surface area contributed by atoms with Gasteiger partial charge in [-0.2, -0.15) is 4.31 Å². The summed E-state index contributed by atoms with van der Waals surface area (Å²) in [6.07, 6.45) is 0. The maximum atomic E-state index is 13.1. The van der Waals surface area contributed by atoms with Crippen molar-refractivity contribution in [2.75, 3.05) is 12.8 Å². The number of hydrogen-bond donors (Lipinski definition) is 1. The average Bonchev–Trinajstić information content (AvgIpc) is 2.38. The molecule has 2 N–H and O–H groups in total. The van der Waals surface area contributed by atoms with Gasteiger partial charge in [-0.05, 0) is 35.9 Å². The monoisotopic (exact) mass is 328 g/mol. The number of anilines is 1. The van der Waals surface area contributed by atoms with Gasteiger partial charge in [-0.25, -0.2) is 12.8 Å². The Morgan fingerprint density at radius 2 is 1.95 bits per heavy atom. The minimum Gasteiger partial charge on any atom is -0.398 e. The van der Waals surface area contributed by atoms with Crippen molar-refractivity contribution in [2.45, 2.75) is 11.4 Å². The highest BCUT2D eigenvalue weighted by atomic mass is 35.5. The Hall–Kier alpha value is -1.63. The molecule has 0 spiro atoms. The molecule has 0 amide bonds. The molecular formula is C14H14ClFN2O2S. The average molecular weight is 329 g/mol. The summed E-state index contributed by atoms with van der Waals surface area (Å²) in [5.74, 6) is -0.413. The van der Waals surface area contributed by atoms with E-state index in [0.29, 0.717) is 10.6 Å². The molecule has 2 aromatic carbocycles. The fraction of sp³-hybridized carbons (Fsp3) is 0.143. The summed E-state index contributed by atoms with van der Waals surface area (Å²) in [5, 5.41) is 0.360. The van der Waals surface area contributed by atoms with E-state index >= 15 is 0 Å². The smallest absolute Gasteiger partial charge is 0.245 e. The first-order chi connectivity index (χ1) is 9.80. The second kappa shape index (κ2) is 6.01. The van der Waals surface area contributed by atoms with Gasteiger partial charge >= 0.3 is 0 Å². The summed E-state index contributed by atoms with van der Waals surface area (Å²) < 4.78 is 39.2. The van der Waals surface area contributed by atoms with Crippen LogP contribution >= 0.6 is 11.6 Å². The predicted octanol–water partition coefficient (Wildman–Crippen LogP) is 2.88. The largest absolute Gasteiger partial charge is 0.398 e. The number of nitrogens with zero attached hydrogens (tertiary/aromatic N) is 1. The molecule has 4 nitrogen and oxygen atoms in total. The Balaban J connectivity index is 2.30. The Morgan fingerprint density at radius 1 is 1.24 bits per heavy atom. The molecule has 112 valence electrons. The minimum atomic E-state index is -3.77. The third-order valence-electron chi connectivity index (χ3n) is 2.95. The van der Waals surface area contributed by atoms with Crippen LogP contribution < -0.4 is 5.73 Å². The van der Waals surface area contributed by atoms with Crippen LogP contribution in [0.15, 0.2) is 47.4 Å². The number of hydrogen-bond acceptors (Lipinski definition) is 3. The van der Waals surface area contributed by atoms with E-state index in [1.165, 1.54) is 43.4 Å². The van der Waals surface area contributed by atoms with E-state index in [9.17, 15) is 12.8 Å². The SMILES string of the molecule is CN(Cc1cccc(F)c1)S(=O)(=O)c1ccc(Cl)cc1N. The molecule has 0 aliphatic rings. The molecule has 0 bridgehead atoms. The number of benzene rings is 2. The molecule has 0 saturated carbocycles. The van der Waals surface area contributed by atoms with Crippen molar-refractivity contribution in [3.63, 3.8) is 0 Å². The van der Waals surface area contributed by atoms with Gasteiger partial charge in [0.1, 0.15) is 10.7 Å². The first-order valence-electron chi connectivity index (χ1n) is 6.06. The fourth-order valence-corrected chi connectivity index (χ4v) is 3.33. The van der Waals surface area contributed by atoms with Crippen molar-refractivity contribution in [3.8, 4) is 0 Å². The summed E-state index contributed by atoms with van der Waals surface area (Å²) in [6, 6.07) is 9.97. The van der Waals surface area contributed by atoms with E-state index in [1.807, 2.05) is 0 Å². The van der Waals surface area contributed by atoms with Crippen molar-refractivity contribution >= 4 is 27.3 Å². The lowest BCUT2D eigenvalue weighted by Crippen LogP contribution is -2.27. The molecule has 0 aromatic heterocycles. The molecule has 0 fully saturated rings. The van der Waals surface area contributed by atoms with E-state index in [-0.39, 0.29) is 17.1 Å². The second-order valence-corrected chi connectivity index (χ2v) is 7.02. The molecule has 7 heteroatoms. The van der Waals surface area contributed by atoms with Crippen molar-refractivity contribution in [1.29, 1.82) is 0 Å². The lowest BCUT2D eigenvalue weighted by atomic mass is 10.2. The van der Waals surface area contributed by atoms with Gasteiger partial charge < -0.3 is 5.73 Å². The number of nitrogen functional groups attached to an aromatic ring is 1. The van der Waals surface area contributed by atoms with Crippen molar-refractivity contribution < 1.29 is 12.8 Å².